The van der Waals surface area contributed by atoms with Gasteiger partial charge in [-0.25, -0.2) is 26.9 Å². The number of carbonyl (C=O) groups is 1. The molecule has 0 radical (unpaired) electrons. The molecule has 4 aromatic rings. The highest BCUT2D eigenvalue weighted by Crippen LogP contribution is 2.35. The van der Waals surface area contributed by atoms with Crippen LogP contribution < -0.4 is 0 Å². The molecular weight excluding hydrogens is 584 g/mol. The van der Waals surface area contributed by atoms with Crippen molar-refractivity contribution in [3.05, 3.63) is 85.4 Å². The minimum absolute atomic E-state index is 0.0597. The van der Waals surface area contributed by atoms with Gasteiger partial charge in [-0.05, 0) is 31.1 Å². The lowest BCUT2D eigenvalue weighted by Gasteiger charge is -2.30. The van der Waals surface area contributed by atoms with E-state index in [2.05, 4.69) is 10.1 Å². The van der Waals surface area contributed by atoms with E-state index in [1.165, 1.54) is 16.2 Å². The average molecular weight is 600 g/mol. The molecule has 1 aliphatic rings. The van der Waals surface area contributed by atoms with Crippen LogP contribution in [0, 0.1) is 29.1 Å². The molecule has 2 aromatic heterocycles. The van der Waals surface area contributed by atoms with E-state index in [1.807, 2.05) is 5.38 Å². The van der Waals surface area contributed by atoms with E-state index in [0.29, 0.717) is 59.2 Å². The second-order valence-corrected chi connectivity index (χ2v) is 10.4. The standard InChI is InChI=1S/C26H16Cl2F5N3O2S/c27-15-3-1-13(9-16(15)28)17-10-19(38-35-17)18-11-39-26(34-18)12-5-7-36(8-6-12)20(37)4-2-14-21(29)23(31)25(33)24(32)22(14)30/h1-4,9-12H,5-8H2/b4-2+. The molecule has 1 amide bonds. The minimum Gasteiger partial charge on any atom is -0.354 e. The van der Waals surface area contributed by atoms with Gasteiger partial charge in [-0.3, -0.25) is 4.79 Å². The van der Waals surface area contributed by atoms with Crippen LogP contribution in [0.1, 0.15) is 29.3 Å². The maximum atomic E-state index is 13.9. The Kier molecular flexibility index (Phi) is 7.75. The summed E-state index contributed by atoms with van der Waals surface area (Å²) in [6.45, 7) is 0.646. The molecule has 0 bridgehead atoms. The van der Waals surface area contributed by atoms with Crippen LogP contribution in [0.2, 0.25) is 10.0 Å². The van der Waals surface area contributed by atoms with Gasteiger partial charge in [0.15, 0.2) is 29.0 Å². The molecular formula is C26H16Cl2F5N3O2S. The van der Waals surface area contributed by atoms with E-state index in [1.54, 1.807) is 24.3 Å². The van der Waals surface area contributed by atoms with Crippen LogP contribution in [0.3, 0.4) is 0 Å². The highest BCUT2D eigenvalue weighted by molar-refractivity contribution is 7.10. The Morgan fingerprint density at radius 2 is 1.62 bits per heavy atom. The fourth-order valence-corrected chi connectivity index (χ4v) is 5.43. The third-order valence-electron chi connectivity index (χ3n) is 6.29. The quantitative estimate of drug-likeness (QED) is 0.101. The van der Waals surface area contributed by atoms with Gasteiger partial charge in [0, 0.05) is 42.1 Å². The number of carbonyl (C=O) groups excluding carboxylic acids is 1. The van der Waals surface area contributed by atoms with Crippen LogP contribution in [0.5, 0.6) is 0 Å². The van der Waals surface area contributed by atoms with Crippen LogP contribution >= 0.6 is 34.5 Å². The normalized spacial score (nSPS) is 14.5. The van der Waals surface area contributed by atoms with Gasteiger partial charge in [-0.2, -0.15) is 0 Å². The van der Waals surface area contributed by atoms with Crippen molar-refractivity contribution >= 4 is 46.5 Å². The summed E-state index contributed by atoms with van der Waals surface area (Å²) in [6.07, 6.45) is 2.54. The van der Waals surface area contributed by atoms with Crippen LogP contribution in [-0.2, 0) is 4.79 Å². The Morgan fingerprint density at radius 1 is 0.949 bits per heavy atom. The molecule has 39 heavy (non-hydrogen) atoms. The molecule has 1 aliphatic heterocycles. The number of aromatic nitrogens is 2. The largest absolute Gasteiger partial charge is 0.354 e. The molecule has 2 aromatic carbocycles. The number of amides is 1. The lowest BCUT2D eigenvalue weighted by atomic mass is 9.97. The van der Waals surface area contributed by atoms with Crippen LogP contribution in [0.15, 0.2) is 40.2 Å². The summed E-state index contributed by atoms with van der Waals surface area (Å²) >= 11 is 13.5. The Morgan fingerprint density at radius 3 is 2.28 bits per heavy atom. The van der Waals surface area contributed by atoms with Crippen molar-refractivity contribution in [2.45, 2.75) is 18.8 Å². The first-order chi connectivity index (χ1) is 18.6. The number of piperidine rings is 1. The maximum absolute atomic E-state index is 13.9. The van der Waals surface area contributed by atoms with E-state index < -0.39 is 40.6 Å². The van der Waals surface area contributed by atoms with E-state index in [-0.39, 0.29) is 5.92 Å². The monoisotopic (exact) mass is 599 g/mol. The molecule has 0 saturated carbocycles. The van der Waals surface area contributed by atoms with Gasteiger partial charge in [0.05, 0.1) is 20.6 Å². The van der Waals surface area contributed by atoms with Crippen molar-refractivity contribution in [3.63, 3.8) is 0 Å². The average Bonchev–Trinajstić information content (AvgIpc) is 3.63. The fourth-order valence-electron chi connectivity index (χ4n) is 4.15. The SMILES string of the molecule is O=C(/C=C/c1c(F)c(F)c(F)c(F)c1F)N1CCC(c2nc(-c3cc(-c4ccc(Cl)c(Cl)c4)no3)cs2)CC1. The van der Waals surface area contributed by atoms with Crippen molar-refractivity contribution in [3.8, 4) is 22.7 Å². The predicted octanol–water partition coefficient (Wildman–Crippen LogP) is 7.89. The summed E-state index contributed by atoms with van der Waals surface area (Å²) < 4.78 is 73.2. The maximum Gasteiger partial charge on any atom is 0.246 e. The van der Waals surface area contributed by atoms with Gasteiger partial charge in [0.1, 0.15) is 11.4 Å². The van der Waals surface area contributed by atoms with Gasteiger partial charge < -0.3 is 9.42 Å². The second kappa shape index (κ2) is 11.1. The molecule has 0 aliphatic carbocycles. The number of rotatable bonds is 5. The summed E-state index contributed by atoms with van der Waals surface area (Å²) in [5.74, 6) is -10.5. The van der Waals surface area contributed by atoms with Crippen LogP contribution in [-0.4, -0.2) is 34.0 Å². The van der Waals surface area contributed by atoms with Crippen molar-refractivity contribution < 1.29 is 31.3 Å². The summed E-state index contributed by atoms with van der Waals surface area (Å²) in [5.41, 5.74) is 0.753. The Labute approximate surface area is 232 Å². The zero-order valence-electron chi connectivity index (χ0n) is 19.7. The molecule has 0 unspecified atom stereocenters. The molecule has 13 heteroatoms. The van der Waals surface area contributed by atoms with Gasteiger partial charge in [0.2, 0.25) is 11.7 Å². The summed E-state index contributed by atoms with van der Waals surface area (Å²) in [5, 5.41) is 7.60. The van der Waals surface area contributed by atoms with Crippen molar-refractivity contribution in [2.24, 2.45) is 0 Å². The van der Waals surface area contributed by atoms with E-state index >= 15 is 0 Å². The Hall–Kier alpha value is -3.28. The number of nitrogens with zero attached hydrogens (tertiary/aromatic N) is 3. The summed E-state index contributed by atoms with van der Waals surface area (Å²) in [6, 6.07) is 6.87. The minimum atomic E-state index is -2.25. The summed E-state index contributed by atoms with van der Waals surface area (Å²) in [4.78, 5) is 18.6. The molecule has 0 spiro atoms. The number of thiazole rings is 1. The molecule has 0 N–H and O–H groups in total. The molecule has 0 atom stereocenters. The molecule has 5 rings (SSSR count). The Balaban J connectivity index is 1.22. The lowest BCUT2D eigenvalue weighted by molar-refractivity contribution is -0.126. The highest BCUT2D eigenvalue weighted by Gasteiger charge is 2.27. The van der Waals surface area contributed by atoms with E-state index in [4.69, 9.17) is 27.7 Å². The summed E-state index contributed by atoms with van der Waals surface area (Å²) in [7, 11) is 0. The van der Waals surface area contributed by atoms with Gasteiger partial charge >= 0.3 is 0 Å². The fraction of sp³-hybridized carbons (Fsp3) is 0.192. The topological polar surface area (TPSA) is 59.2 Å². The van der Waals surface area contributed by atoms with Gasteiger partial charge in [-0.1, -0.05) is 34.4 Å². The Bertz CT molecular complexity index is 1570. The first kappa shape index (κ1) is 27.3. The second-order valence-electron chi connectivity index (χ2n) is 8.69. The first-order valence-corrected chi connectivity index (χ1v) is 13.1. The smallest absolute Gasteiger partial charge is 0.246 e. The first-order valence-electron chi connectivity index (χ1n) is 11.5. The van der Waals surface area contributed by atoms with Crippen LogP contribution in [0.4, 0.5) is 22.0 Å². The molecule has 1 fully saturated rings. The number of halogens is 7. The number of benzene rings is 2. The third-order valence-corrected chi connectivity index (χ3v) is 8.04. The zero-order valence-corrected chi connectivity index (χ0v) is 22.0. The number of likely N-dealkylation sites (tertiary alicyclic amines) is 1. The van der Waals surface area contributed by atoms with E-state index in [0.717, 1.165) is 16.6 Å². The highest BCUT2D eigenvalue weighted by atomic mass is 35.5. The number of hydrogen-bond acceptors (Lipinski definition) is 5. The molecule has 1 saturated heterocycles. The van der Waals surface area contributed by atoms with Crippen LogP contribution in [0.25, 0.3) is 28.8 Å². The van der Waals surface area contributed by atoms with Gasteiger partial charge in [-0.15, -0.1) is 11.3 Å². The zero-order chi connectivity index (χ0) is 27.8. The molecule has 5 nitrogen and oxygen atoms in total. The van der Waals surface area contributed by atoms with Crippen molar-refractivity contribution in [1.82, 2.24) is 15.0 Å². The molecule has 3 heterocycles. The third kappa shape index (κ3) is 5.43. The molecule has 202 valence electrons. The van der Waals surface area contributed by atoms with Gasteiger partial charge in [0.25, 0.3) is 0 Å². The lowest BCUT2D eigenvalue weighted by Crippen LogP contribution is -2.36. The van der Waals surface area contributed by atoms with Crippen molar-refractivity contribution in [2.75, 3.05) is 13.1 Å². The number of hydrogen-bond donors (Lipinski definition) is 0. The van der Waals surface area contributed by atoms with E-state index in [9.17, 15) is 26.7 Å². The van der Waals surface area contributed by atoms with Crippen molar-refractivity contribution in [1.29, 1.82) is 0 Å². The predicted molar refractivity (Wildman–Crippen MR) is 137 cm³/mol.